The molecule has 0 aliphatic carbocycles. The summed E-state index contributed by atoms with van der Waals surface area (Å²) in [6.45, 7) is 4.10. The number of carbonyl (C=O) groups is 1. The Kier molecular flexibility index (Phi) is 6.90. The van der Waals surface area contributed by atoms with E-state index in [1.807, 2.05) is 0 Å². The molecule has 0 unspecified atom stereocenters. The molecule has 0 saturated carbocycles. The van der Waals surface area contributed by atoms with Crippen LogP contribution in [0.1, 0.15) is 30.9 Å². The fourth-order valence-electron chi connectivity index (χ4n) is 3.96. The van der Waals surface area contributed by atoms with Gasteiger partial charge in [-0.25, -0.2) is 0 Å². The van der Waals surface area contributed by atoms with E-state index in [4.69, 9.17) is 11.6 Å². The molecule has 0 spiro atoms. The number of nitrogens with one attached hydrogen (secondary N) is 1. The standard InChI is InChI=1S/C25H27ClN4O2/c1-2-18-6-8-19(9-7-18)17-27-25(32)20-12-14-29(15-13-20)23-10-11-24(31)30(28-23)22-5-3-4-21(26)16-22/h3-11,16,20H,2,12-15,17H2,1H3,(H,27,32). The van der Waals surface area contributed by atoms with E-state index in [0.717, 1.165) is 30.6 Å². The molecule has 3 aromatic rings. The summed E-state index contributed by atoms with van der Waals surface area (Å²) in [4.78, 5) is 27.1. The van der Waals surface area contributed by atoms with Gasteiger partial charge < -0.3 is 10.2 Å². The highest BCUT2D eigenvalue weighted by Gasteiger charge is 2.25. The quantitative estimate of drug-likeness (QED) is 0.616. The molecule has 1 aromatic heterocycles. The van der Waals surface area contributed by atoms with Gasteiger partial charge in [-0.15, -0.1) is 5.10 Å². The molecule has 1 saturated heterocycles. The second-order valence-corrected chi connectivity index (χ2v) is 8.51. The molecule has 7 heteroatoms. The van der Waals surface area contributed by atoms with Crippen LogP contribution in [0.2, 0.25) is 5.02 Å². The van der Waals surface area contributed by atoms with Crippen molar-refractivity contribution in [3.63, 3.8) is 0 Å². The van der Waals surface area contributed by atoms with E-state index in [1.165, 1.54) is 16.3 Å². The van der Waals surface area contributed by atoms with Crippen molar-refractivity contribution in [3.8, 4) is 5.69 Å². The van der Waals surface area contributed by atoms with Crippen LogP contribution < -0.4 is 15.8 Å². The third-order valence-electron chi connectivity index (χ3n) is 5.93. The molecule has 32 heavy (non-hydrogen) atoms. The maximum absolute atomic E-state index is 12.7. The predicted molar refractivity (Wildman–Crippen MR) is 127 cm³/mol. The fraction of sp³-hybridized carbons (Fsp3) is 0.320. The first-order valence-electron chi connectivity index (χ1n) is 11.0. The third-order valence-corrected chi connectivity index (χ3v) is 6.16. The lowest BCUT2D eigenvalue weighted by molar-refractivity contribution is -0.125. The highest BCUT2D eigenvalue weighted by atomic mass is 35.5. The zero-order chi connectivity index (χ0) is 22.5. The van der Waals surface area contributed by atoms with E-state index in [0.29, 0.717) is 30.3 Å². The van der Waals surface area contributed by atoms with Gasteiger partial charge >= 0.3 is 0 Å². The minimum absolute atomic E-state index is 0.0139. The summed E-state index contributed by atoms with van der Waals surface area (Å²) in [6.07, 6.45) is 2.51. The second kappa shape index (κ2) is 10.0. The Balaban J connectivity index is 1.35. The topological polar surface area (TPSA) is 67.2 Å². The van der Waals surface area contributed by atoms with Gasteiger partial charge in [-0.2, -0.15) is 4.68 Å². The second-order valence-electron chi connectivity index (χ2n) is 8.07. The van der Waals surface area contributed by atoms with Crippen molar-refractivity contribution in [1.29, 1.82) is 0 Å². The molecule has 1 aliphatic rings. The fourth-order valence-corrected chi connectivity index (χ4v) is 4.14. The maximum Gasteiger partial charge on any atom is 0.271 e. The van der Waals surface area contributed by atoms with Crippen molar-refractivity contribution in [1.82, 2.24) is 15.1 Å². The highest BCUT2D eigenvalue weighted by Crippen LogP contribution is 2.22. The predicted octanol–water partition coefficient (Wildman–Crippen LogP) is 3.98. The molecule has 1 amide bonds. The summed E-state index contributed by atoms with van der Waals surface area (Å²) in [5.74, 6) is 0.806. The van der Waals surface area contributed by atoms with Gasteiger partial charge in [-0.05, 0) is 54.7 Å². The lowest BCUT2D eigenvalue weighted by Crippen LogP contribution is -2.41. The van der Waals surface area contributed by atoms with Gasteiger partial charge in [0.15, 0.2) is 0 Å². The lowest BCUT2D eigenvalue weighted by atomic mass is 9.96. The van der Waals surface area contributed by atoms with Crippen LogP contribution in [0.5, 0.6) is 0 Å². The monoisotopic (exact) mass is 450 g/mol. The number of nitrogens with zero attached hydrogens (tertiary/aromatic N) is 3. The van der Waals surface area contributed by atoms with Gasteiger partial charge in [0, 0.05) is 36.6 Å². The Hall–Kier alpha value is -3.12. The first-order valence-corrected chi connectivity index (χ1v) is 11.4. The largest absolute Gasteiger partial charge is 0.355 e. The van der Waals surface area contributed by atoms with Crippen LogP contribution in [0.15, 0.2) is 65.5 Å². The SMILES string of the molecule is CCc1ccc(CNC(=O)C2CCN(c3ccc(=O)n(-c4cccc(Cl)c4)n3)CC2)cc1. The summed E-state index contributed by atoms with van der Waals surface area (Å²) >= 11 is 6.07. The normalized spacial score (nSPS) is 14.4. The number of anilines is 1. The molecule has 1 aliphatic heterocycles. The van der Waals surface area contributed by atoms with Crippen molar-refractivity contribution in [2.75, 3.05) is 18.0 Å². The number of carbonyl (C=O) groups excluding carboxylic acids is 1. The number of benzene rings is 2. The molecule has 6 nitrogen and oxygen atoms in total. The molecule has 166 valence electrons. The van der Waals surface area contributed by atoms with Crippen LogP contribution in [0.25, 0.3) is 5.69 Å². The molecular formula is C25H27ClN4O2. The number of halogens is 1. The van der Waals surface area contributed by atoms with Crippen molar-refractivity contribution in [3.05, 3.63) is 87.2 Å². The highest BCUT2D eigenvalue weighted by molar-refractivity contribution is 6.30. The Labute approximate surface area is 192 Å². The van der Waals surface area contributed by atoms with Crippen molar-refractivity contribution in [2.24, 2.45) is 5.92 Å². The van der Waals surface area contributed by atoms with Gasteiger partial charge in [-0.1, -0.05) is 48.9 Å². The molecule has 2 aromatic carbocycles. The van der Waals surface area contributed by atoms with Crippen LogP contribution in [-0.2, 0) is 17.8 Å². The average molecular weight is 451 g/mol. The van der Waals surface area contributed by atoms with E-state index in [2.05, 4.69) is 46.5 Å². The van der Waals surface area contributed by atoms with Gasteiger partial charge in [0.05, 0.1) is 5.69 Å². The van der Waals surface area contributed by atoms with Gasteiger partial charge in [0.25, 0.3) is 5.56 Å². The van der Waals surface area contributed by atoms with Crippen molar-refractivity contribution >= 4 is 23.3 Å². The zero-order valence-electron chi connectivity index (χ0n) is 18.1. The molecule has 0 radical (unpaired) electrons. The van der Waals surface area contributed by atoms with Gasteiger partial charge in [-0.3, -0.25) is 9.59 Å². The summed E-state index contributed by atoms with van der Waals surface area (Å²) < 4.78 is 1.36. The van der Waals surface area contributed by atoms with Gasteiger partial charge in [0.1, 0.15) is 5.82 Å². The molecular weight excluding hydrogens is 424 g/mol. The molecule has 1 N–H and O–H groups in total. The number of hydrogen-bond donors (Lipinski definition) is 1. The maximum atomic E-state index is 12.7. The number of aryl methyl sites for hydroxylation is 1. The third kappa shape index (κ3) is 5.19. The van der Waals surface area contributed by atoms with Gasteiger partial charge in [0.2, 0.25) is 5.91 Å². The van der Waals surface area contributed by atoms with Crippen LogP contribution in [-0.4, -0.2) is 28.8 Å². The lowest BCUT2D eigenvalue weighted by Gasteiger charge is -2.32. The minimum Gasteiger partial charge on any atom is -0.355 e. The first-order chi connectivity index (χ1) is 15.5. The van der Waals surface area contributed by atoms with Crippen molar-refractivity contribution in [2.45, 2.75) is 32.7 Å². The van der Waals surface area contributed by atoms with Crippen LogP contribution in [0.3, 0.4) is 0 Å². The van der Waals surface area contributed by atoms with E-state index in [9.17, 15) is 9.59 Å². The van der Waals surface area contributed by atoms with E-state index >= 15 is 0 Å². The molecule has 0 bridgehead atoms. The molecule has 1 fully saturated rings. The van der Waals surface area contributed by atoms with E-state index < -0.39 is 0 Å². The Morgan fingerprint density at radius 2 is 1.78 bits per heavy atom. The van der Waals surface area contributed by atoms with Crippen LogP contribution >= 0.6 is 11.6 Å². The summed E-state index contributed by atoms with van der Waals surface area (Å²) in [5.41, 5.74) is 2.83. The number of aromatic nitrogens is 2. The minimum atomic E-state index is -0.211. The Morgan fingerprint density at radius 3 is 2.47 bits per heavy atom. The number of amides is 1. The number of piperidine rings is 1. The molecule has 2 heterocycles. The van der Waals surface area contributed by atoms with E-state index in [-0.39, 0.29) is 17.4 Å². The smallest absolute Gasteiger partial charge is 0.271 e. The average Bonchev–Trinajstić information content (AvgIpc) is 2.83. The summed E-state index contributed by atoms with van der Waals surface area (Å²) in [7, 11) is 0. The summed E-state index contributed by atoms with van der Waals surface area (Å²) in [5, 5.41) is 8.16. The van der Waals surface area contributed by atoms with E-state index in [1.54, 1.807) is 30.3 Å². The number of hydrogen-bond acceptors (Lipinski definition) is 4. The van der Waals surface area contributed by atoms with Crippen LogP contribution in [0.4, 0.5) is 5.82 Å². The Morgan fingerprint density at radius 1 is 1.06 bits per heavy atom. The number of rotatable bonds is 6. The zero-order valence-corrected chi connectivity index (χ0v) is 18.9. The Bertz CT molecular complexity index is 1140. The molecule has 0 atom stereocenters. The van der Waals surface area contributed by atoms with Crippen LogP contribution in [0, 0.1) is 5.92 Å². The summed E-state index contributed by atoms with van der Waals surface area (Å²) in [6, 6.07) is 18.7. The molecule has 4 rings (SSSR count). The first kappa shape index (κ1) is 22.1. The van der Waals surface area contributed by atoms with Crippen molar-refractivity contribution < 1.29 is 4.79 Å².